The zero-order valence-corrected chi connectivity index (χ0v) is 18.5. The summed E-state index contributed by atoms with van der Waals surface area (Å²) in [5.41, 5.74) is 5.12. The number of hydrogen-bond acceptors (Lipinski definition) is 6. The molecule has 1 fully saturated rings. The zero-order valence-electron chi connectivity index (χ0n) is 18.5. The SMILES string of the molecule is Cn1cc(-c2cccc(-c3ncc(-c4cnn(C)c4)c(NCCC4CCNC4)n3)c2)cn1. The van der Waals surface area contributed by atoms with E-state index >= 15 is 0 Å². The maximum atomic E-state index is 4.94. The van der Waals surface area contributed by atoms with Gasteiger partial charge in [0, 0.05) is 61.5 Å². The van der Waals surface area contributed by atoms with E-state index in [1.165, 1.54) is 6.42 Å². The normalized spacial score (nSPS) is 15.9. The Morgan fingerprint density at radius 1 is 1.00 bits per heavy atom. The molecular formula is C24H28N8. The van der Waals surface area contributed by atoms with E-state index in [0.29, 0.717) is 5.82 Å². The average molecular weight is 429 g/mol. The third kappa shape index (κ3) is 4.40. The molecule has 2 N–H and O–H groups in total. The summed E-state index contributed by atoms with van der Waals surface area (Å²) in [7, 11) is 3.84. The van der Waals surface area contributed by atoms with Gasteiger partial charge in [-0.05, 0) is 43.5 Å². The first-order valence-corrected chi connectivity index (χ1v) is 11.1. The van der Waals surface area contributed by atoms with Crippen molar-refractivity contribution >= 4 is 5.82 Å². The van der Waals surface area contributed by atoms with Gasteiger partial charge in [0.25, 0.3) is 0 Å². The molecule has 0 radical (unpaired) electrons. The van der Waals surface area contributed by atoms with Crippen LogP contribution in [0.3, 0.4) is 0 Å². The summed E-state index contributed by atoms with van der Waals surface area (Å²) in [4.78, 5) is 9.64. The summed E-state index contributed by atoms with van der Waals surface area (Å²) in [6.07, 6.45) is 12.0. The number of rotatable bonds is 7. The van der Waals surface area contributed by atoms with Gasteiger partial charge in [-0.2, -0.15) is 10.2 Å². The maximum Gasteiger partial charge on any atom is 0.161 e. The van der Waals surface area contributed by atoms with E-state index in [1.807, 2.05) is 61.9 Å². The Bertz CT molecular complexity index is 1200. The van der Waals surface area contributed by atoms with Crippen LogP contribution in [0.15, 0.2) is 55.2 Å². The van der Waals surface area contributed by atoms with Gasteiger partial charge in [-0.1, -0.05) is 18.2 Å². The first kappa shape index (κ1) is 20.4. The summed E-state index contributed by atoms with van der Waals surface area (Å²) >= 11 is 0. The second-order valence-corrected chi connectivity index (χ2v) is 8.42. The topological polar surface area (TPSA) is 85.5 Å². The molecular weight excluding hydrogens is 400 g/mol. The van der Waals surface area contributed by atoms with Gasteiger partial charge in [0.1, 0.15) is 5.82 Å². The fraction of sp³-hybridized carbons (Fsp3) is 0.333. The zero-order chi connectivity index (χ0) is 21.9. The second kappa shape index (κ2) is 8.92. The van der Waals surface area contributed by atoms with Crippen molar-refractivity contribution in [3.8, 4) is 33.6 Å². The Morgan fingerprint density at radius 3 is 2.50 bits per heavy atom. The second-order valence-electron chi connectivity index (χ2n) is 8.42. The summed E-state index contributed by atoms with van der Waals surface area (Å²) < 4.78 is 3.61. The van der Waals surface area contributed by atoms with Crippen LogP contribution in [0.5, 0.6) is 0 Å². The van der Waals surface area contributed by atoms with E-state index < -0.39 is 0 Å². The average Bonchev–Trinajstić information content (AvgIpc) is 3.57. The molecule has 0 bridgehead atoms. The van der Waals surface area contributed by atoms with Gasteiger partial charge < -0.3 is 10.6 Å². The van der Waals surface area contributed by atoms with E-state index in [4.69, 9.17) is 9.97 Å². The lowest BCUT2D eigenvalue weighted by Gasteiger charge is -2.14. The van der Waals surface area contributed by atoms with Gasteiger partial charge >= 0.3 is 0 Å². The Kier molecular flexibility index (Phi) is 5.68. The van der Waals surface area contributed by atoms with Crippen LogP contribution in [-0.4, -0.2) is 49.2 Å². The first-order valence-electron chi connectivity index (χ1n) is 11.1. The van der Waals surface area contributed by atoms with Gasteiger partial charge in [0.05, 0.1) is 12.4 Å². The van der Waals surface area contributed by atoms with Crippen LogP contribution in [0.2, 0.25) is 0 Å². The Hall–Kier alpha value is -3.52. The van der Waals surface area contributed by atoms with Gasteiger partial charge in [-0.15, -0.1) is 0 Å². The van der Waals surface area contributed by atoms with E-state index in [-0.39, 0.29) is 0 Å². The fourth-order valence-electron chi connectivity index (χ4n) is 4.19. The molecule has 164 valence electrons. The highest BCUT2D eigenvalue weighted by molar-refractivity contribution is 5.76. The number of hydrogen-bond donors (Lipinski definition) is 2. The van der Waals surface area contributed by atoms with Crippen molar-refractivity contribution in [2.45, 2.75) is 12.8 Å². The molecule has 1 atom stereocenters. The molecule has 3 aromatic heterocycles. The molecule has 5 rings (SSSR count). The highest BCUT2D eigenvalue weighted by Gasteiger charge is 2.16. The van der Waals surface area contributed by atoms with Gasteiger partial charge in [-0.3, -0.25) is 9.36 Å². The minimum Gasteiger partial charge on any atom is -0.369 e. The molecule has 1 aliphatic rings. The molecule has 4 aromatic rings. The lowest BCUT2D eigenvalue weighted by Crippen LogP contribution is -2.14. The molecule has 0 aliphatic carbocycles. The van der Waals surface area contributed by atoms with Crippen molar-refractivity contribution in [1.82, 2.24) is 34.8 Å². The van der Waals surface area contributed by atoms with E-state index in [9.17, 15) is 0 Å². The lowest BCUT2D eigenvalue weighted by atomic mass is 10.0. The molecule has 4 heterocycles. The highest BCUT2D eigenvalue weighted by Crippen LogP contribution is 2.30. The summed E-state index contributed by atoms with van der Waals surface area (Å²) in [5.74, 6) is 2.27. The van der Waals surface area contributed by atoms with Crippen molar-refractivity contribution in [2.75, 3.05) is 25.0 Å². The van der Waals surface area contributed by atoms with Crippen molar-refractivity contribution in [2.24, 2.45) is 20.0 Å². The van der Waals surface area contributed by atoms with Gasteiger partial charge in [0.15, 0.2) is 5.82 Å². The van der Waals surface area contributed by atoms with Crippen LogP contribution in [0.1, 0.15) is 12.8 Å². The van der Waals surface area contributed by atoms with E-state index in [2.05, 4.69) is 33.0 Å². The molecule has 0 spiro atoms. The maximum absolute atomic E-state index is 4.94. The third-order valence-corrected chi connectivity index (χ3v) is 5.97. The molecule has 1 aromatic carbocycles. The monoisotopic (exact) mass is 428 g/mol. The predicted octanol–water partition coefficient (Wildman–Crippen LogP) is 3.36. The van der Waals surface area contributed by atoms with Crippen molar-refractivity contribution in [3.05, 3.63) is 55.2 Å². The van der Waals surface area contributed by atoms with Crippen LogP contribution in [0.25, 0.3) is 33.6 Å². The number of aromatic nitrogens is 6. The molecule has 8 nitrogen and oxygen atoms in total. The first-order chi connectivity index (χ1) is 15.7. The van der Waals surface area contributed by atoms with Crippen LogP contribution in [0.4, 0.5) is 5.82 Å². The van der Waals surface area contributed by atoms with Crippen LogP contribution >= 0.6 is 0 Å². The van der Waals surface area contributed by atoms with E-state index in [1.54, 1.807) is 4.68 Å². The molecule has 32 heavy (non-hydrogen) atoms. The summed E-state index contributed by atoms with van der Waals surface area (Å²) in [5, 5.41) is 15.6. The standard InChI is InChI=1S/C24H28N8/c1-31-15-20(12-28-31)18-4-3-5-19(10-18)23-27-14-22(21-13-29-32(2)16-21)24(30-23)26-9-7-17-6-8-25-11-17/h3-5,10,12-17,25H,6-9,11H2,1-2H3,(H,26,27,30). The molecule has 1 aliphatic heterocycles. The molecule has 0 amide bonds. The highest BCUT2D eigenvalue weighted by atomic mass is 15.2. The number of aryl methyl sites for hydroxylation is 2. The lowest BCUT2D eigenvalue weighted by molar-refractivity contribution is 0.549. The molecule has 1 saturated heterocycles. The van der Waals surface area contributed by atoms with Gasteiger partial charge in [0.2, 0.25) is 0 Å². The van der Waals surface area contributed by atoms with Gasteiger partial charge in [-0.25, -0.2) is 9.97 Å². The Morgan fingerprint density at radius 2 is 1.78 bits per heavy atom. The number of nitrogens with zero attached hydrogens (tertiary/aromatic N) is 6. The number of anilines is 1. The number of benzene rings is 1. The van der Waals surface area contributed by atoms with Crippen molar-refractivity contribution in [3.63, 3.8) is 0 Å². The molecule has 1 unspecified atom stereocenters. The minimum atomic E-state index is 0.702. The quantitative estimate of drug-likeness (QED) is 0.470. The Balaban J connectivity index is 1.45. The predicted molar refractivity (Wildman–Crippen MR) is 126 cm³/mol. The number of nitrogens with one attached hydrogen (secondary N) is 2. The molecule has 8 heteroatoms. The Labute approximate surface area is 187 Å². The van der Waals surface area contributed by atoms with E-state index in [0.717, 1.165) is 65.6 Å². The van der Waals surface area contributed by atoms with Crippen LogP contribution in [-0.2, 0) is 14.1 Å². The van der Waals surface area contributed by atoms with Crippen LogP contribution < -0.4 is 10.6 Å². The molecule has 0 saturated carbocycles. The van der Waals surface area contributed by atoms with Crippen molar-refractivity contribution < 1.29 is 0 Å². The van der Waals surface area contributed by atoms with Crippen molar-refractivity contribution in [1.29, 1.82) is 0 Å². The largest absolute Gasteiger partial charge is 0.369 e. The minimum absolute atomic E-state index is 0.702. The summed E-state index contributed by atoms with van der Waals surface area (Å²) in [6, 6.07) is 8.28. The third-order valence-electron chi connectivity index (χ3n) is 5.97. The smallest absolute Gasteiger partial charge is 0.161 e. The van der Waals surface area contributed by atoms with Crippen LogP contribution in [0, 0.1) is 5.92 Å². The fourth-order valence-corrected chi connectivity index (χ4v) is 4.19. The summed E-state index contributed by atoms with van der Waals surface area (Å²) in [6.45, 7) is 3.11.